The maximum Gasteiger partial charge on any atom is 0.435 e. The average molecular weight is 686 g/mol. The van der Waals surface area contributed by atoms with Crippen molar-refractivity contribution in [3.8, 4) is 11.1 Å². The van der Waals surface area contributed by atoms with Gasteiger partial charge < -0.3 is 24.3 Å². The van der Waals surface area contributed by atoms with E-state index < -0.39 is 23.4 Å². The lowest BCUT2D eigenvalue weighted by Gasteiger charge is -2.39. The highest BCUT2D eigenvalue weighted by Gasteiger charge is 2.32. The fourth-order valence-corrected chi connectivity index (χ4v) is 6.61. The summed E-state index contributed by atoms with van der Waals surface area (Å²) in [7, 11) is 0. The molecule has 2 unspecified atom stereocenters. The number of amides is 1. The molecule has 1 fully saturated rings. The second-order valence-corrected chi connectivity index (χ2v) is 15.1. The van der Waals surface area contributed by atoms with Gasteiger partial charge in [-0.15, -0.1) is 0 Å². The van der Waals surface area contributed by atoms with Gasteiger partial charge in [-0.05, 0) is 97.9 Å². The van der Waals surface area contributed by atoms with Crippen LogP contribution in [0.4, 0.5) is 15.3 Å². The number of benzene rings is 1. The standard InChI is InChI=1S/C37H44ClN7O4/c1-22-15-16-28(39-18-22)23(2)44-21-26(24-12-11-13-29-25(24)19-41-45(29)35(47)49-37(6,7)8)31-32(27(38)20-40-33(31)44)43-17-10-9-14-30(43)42-34(46)48-36(3,4)5/h11-13,15-16,18-21,23,30H,9-10,14,17H2,1-8H3,(H,42,46). The molecule has 5 heterocycles. The van der Waals surface area contributed by atoms with Gasteiger partial charge >= 0.3 is 12.2 Å². The van der Waals surface area contributed by atoms with E-state index >= 15 is 0 Å². The Labute approximate surface area is 291 Å². The summed E-state index contributed by atoms with van der Waals surface area (Å²) in [6, 6.07) is 9.66. The number of piperidine rings is 1. The molecular weight excluding hydrogens is 642 g/mol. The van der Waals surface area contributed by atoms with Crippen molar-refractivity contribution in [1.82, 2.24) is 29.6 Å². The lowest BCUT2D eigenvalue weighted by atomic mass is 9.99. The third-order valence-electron chi connectivity index (χ3n) is 8.49. The van der Waals surface area contributed by atoms with Crippen molar-refractivity contribution in [2.75, 3.05) is 11.4 Å². The summed E-state index contributed by atoms with van der Waals surface area (Å²) in [5.74, 6) is 0. The molecule has 5 aromatic rings. The third kappa shape index (κ3) is 7.08. The predicted octanol–water partition coefficient (Wildman–Crippen LogP) is 8.64. The lowest BCUT2D eigenvalue weighted by Crippen LogP contribution is -2.52. The van der Waals surface area contributed by atoms with E-state index in [9.17, 15) is 9.59 Å². The molecule has 1 amide bonds. The van der Waals surface area contributed by atoms with Crippen molar-refractivity contribution in [3.63, 3.8) is 0 Å². The largest absolute Gasteiger partial charge is 0.444 e. The van der Waals surface area contributed by atoms with E-state index in [0.717, 1.165) is 58.1 Å². The molecule has 12 heteroatoms. The van der Waals surface area contributed by atoms with Gasteiger partial charge in [-0.25, -0.2) is 14.6 Å². The Bertz CT molecular complexity index is 2020. The fourth-order valence-electron chi connectivity index (χ4n) is 6.36. The van der Waals surface area contributed by atoms with Crippen molar-refractivity contribution in [2.45, 2.75) is 98.1 Å². The van der Waals surface area contributed by atoms with Crippen molar-refractivity contribution < 1.29 is 19.1 Å². The molecule has 0 bridgehead atoms. The summed E-state index contributed by atoms with van der Waals surface area (Å²) in [6.07, 6.45) is 8.48. The van der Waals surface area contributed by atoms with Crippen molar-refractivity contribution >= 4 is 51.4 Å². The highest BCUT2D eigenvalue weighted by atomic mass is 35.5. The number of halogens is 1. The zero-order valence-corrected chi connectivity index (χ0v) is 30.1. The molecule has 1 saturated heterocycles. The van der Waals surface area contributed by atoms with E-state index in [-0.39, 0.29) is 12.2 Å². The number of aryl methyl sites for hydroxylation is 1. The van der Waals surface area contributed by atoms with E-state index in [1.807, 2.05) is 85.0 Å². The first-order valence-electron chi connectivity index (χ1n) is 16.7. The lowest BCUT2D eigenvalue weighted by molar-refractivity contribution is 0.0492. The zero-order valence-electron chi connectivity index (χ0n) is 29.4. The minimum absolute atomic E-state index is 0.181. The van der Waals surface area contributed by atoms with Crippen LogP contribution in [0.3, 0.4) is 0 Å². The van der Waals surface area contributed by atoms with E-state index in [1.54, 1.807) is 12.4 Å². The van der Waals surface area contributed by atoms with E-state index in [2.05, 4.69) is 33.0 Å². The molecule has 1 N–H and O–H groups in total. The van der Waals surface area contributed by atoms with Gasteiger partial charge in [0.15, 0.2) is 0 Å². The molecule has 2 atom stereocenters. The number of anilines is 1. The number of carbonyl (C=O) groups excluding carboxylic acids is 2. The summed E-state index contributed by atoms with van der Waals surface area (Å²) >= 11 is 7.11. The van der Waals surface area contributed by atoms with Crippen LogP contribution >= 0.6 is 11.6 Å². The minimum Gasteiger partial charge on any atom is -0.444 e. The van der Waals surface area contributed by atoms with Crippen LogP contribution in [0.15, 0.2) is 55.1 Å². The van der Waals surface area contributed by atoms with E-state index in [1.165, 1.54) is 4.68 Å². The van der Waals surface area contributed by atoms with Crippen LogP contribution in [0.1, 0.15) is 85.0 Å². The maximum atomic E-state index is 13.2. The van der Waals surface area contributed by atoms with Crippen LogP contribution < -0.4 is 10.2 Å². The molecule has 258 valence electrons. The number of fused-ring (bicyclic) bond motifs is 2. The van der Waals surface area contributed by atoms with Gasteiger partial charge in [-0.1, -0.05) is 29.8 Å². The topological polar surface area (TPSA) is 116 Å². The summed E-state index contributed by atoms with van der Waals surface area (Å²) in [5.41, 5.74) is 4.42. The van der Waals surface area contributed by atoms with Crippen LogP contribution in [-0.4, -0.2) is 60.4 Å². The highest BCUT2D eigenvalue weighted by Crippen LogP contribution is 2.45. The maximum absolute atomic E-state index is 13.2. The summed E-state index contributed by atoms with van der Waals surface area (Å²) in [4.78, 5) is 38.0. The molecule has 0 spiro atoms. The number of carbonyl (C=O) groups is 2. The fraction of sp³-hybridized carbons (Fsp3) is 0.432. The van der Waals surface area contributed by atoms with Crippen molar-refractivity contribution in [3.05, 3.63) is 71.4 Å². The van der Waals surface area contributed by atoms with Crippen LogP contribution in [-0.2, 0) is 9.47 Å². The van der Waals surface area contributed by atoms with Gasteiger partial charge in [0, 0.05) is 29.9 Å². The molecule has 1 aromatic carbocycles. The van der Waals surface area contributed by atoms with Crippen LogP contribution in [0, 0.1) is 6.92 Å². The Hall–Kier alpha value is -4.64. The Morgan fingerprint density at radius 2 is 1.71 bits per heavy atom. The number of rotatable bonds is 5. The second-order valence-electron chi connectivity index (χ2n) is 14.7. The number of aromatic nitrogens is 5. The molecular formula is C37H44ClN7O4. The quantitative estimate of drug-likeness (QED) is 0.195. The van der Waals surface area contributed by atoms with Crippen LogP contribution in [0.2, 0.25) is 5.02 Å². The predicted molar refractivity (Wildman–Crippen MR) is 192 cm³/mol. The number of ether oxygens (including phenoxy) is 2. The first kappa shape index (κ1) is 34.2. The van der Waals surface area contributed by atoms with Crippen molar-refractivity contribution in [2.24, 2.45) is 0 Å². The van der Waals surface area contributed by atoms with Gasteiger partial charge in [-0.2, -0.15) is 9.78 Å². The van der Waals surface area contributed by atoms with Gasteiger partial charge in [0.25, 0.3) is 0 Å². The summed E-state index contributed by atoms with van der Waals surface area (Å²) in [5, 5.41) is 9.61. The van der Waals surface area contributed by atoms with Crippen LogP contribution in [0.5, 0.6) is 0 Å². The molecule has 0 radical (unpaired) electrons. The molecule has 11 nitrogen and oxygen atoms in total. The number of nitrogens with zero attached hydrogens (tertiary/aromatic N) is 6. The SMILES string of the molecule is Cc1ccc(C(C)n2cc(-c3cccc4c3cnn4C(=O)OC(C)(C)C)c3c(N4CCCCC4NC(=O)OC(C)(C)C)c(Cl)cnc32)nc1. The van der Waals surface area contributed by atoms with Gasteiger partial charge in [0.2, 0.25) is 0 Å². The first-order chi connectivity index (χ1) is 23.1. The van der Waals surface area contributed by atoms with Gasteiger partial charge in [0.05, 0.1) is 45.7 Å². The number of hydrogen-bond donors (Lipinski definition) is 1. The van der Waals surface area contributed by atoms with E-state index in [0.29, 0.717) is 22.7 Å². The number of nitrogens with one attached hydrogen (secondary N) is 1. The third-order valence-corrected chi connectivity index (χ3v) is 8.77. The number of alkyl carbamates (subject to hydrolysis) is 1. The van der Waals surface area contributed by atoms with Crippen LogP contribution in [0.25, 0.3) is 33.1 Å². The Morgan fingerprint density at radius 1 is 0.959 bits per heavy atom. The smallest absolute Gasteiger partial charge is 0.435 e. The van der Waals surface area contributed by atoms with Gasteiger partial charge in [-0.3, -0.25) is 4.98 Å². The zero-order chi connectivity index (χ0) is 35.2. The molecule has 4 aromatic heterocycles. The molecule has 49 heavy (non-hydrogen) atoms. The Kier molecular flexibility index (Phi) is 9.08. The highest BCUT2D eigenvalue weighted by molar-refractivity contribution is 6.35. The molecule has 0 aliphatic carbocycles. The average Bonchev–Trinajstić information content (AvgIpc) is 3.62. The second kappa shape index (κ2) is 13.0. The number of hydrogen-bond acceptors (Lipinski definition) is 8. The molecule has 1 aliphatic rings. The molecule has 6 rings (SSSR count). The molecule has 1 aliphatic heterocycles. The monoisotopic (exact) mass is 685 g/mol. The Morgan fingerprint density at radius 3 is 2.41 bits per heavy atom. The Balaban J connectivity index is 1.56. The molecule has 0 saturated carbocycles. The van der Waals surface area contributed by atoms with Gasteiger partial charge in [0.1, 0.15) is 23.0 Å². The summed E-state index contributed by atoms with van der Waals surface area (Å²) < 4.78 is 14.7. The van der Waals surface area contributed by atoms with Crippen molar-refractivity contribution in [1.29, 1.82) is 0 Å². The summed E-state index contributed by atoms with van der Waals surface area (Å²) in [6.45, 7) is 15.8. The minimum atomic E-state index is -0.684. The first-order valence-corrected chi connectivity index (χ1v) is 17.1. The normalized spacial score (nSPS) is 16.2. The number of pyridine rings is 2. The van der Waals surface area contributed by atoms with E-state index in [4.69, 9.17) is 31.0 Å².